The SMILES string of the molecule is Cc1cc(C)n(C[C@H]2CN([C@H](C)c3cccnc3)CCO2)n1. The minimum Gasteiger partial charge on any atom is -0.374 e. The summed E-state index contributed by atoms with van der Waals surface area (Å²) in [6, 6.07) is 6.61. The molecule has 0 aromatic carbocycles. The lowest BCUT2D eigenvalue weighted by Crippen LogP contribution is -2.45. The van der Waals surface area contributed by atoms with E-state index in [9.17, 15) is 0 Å². The molecule has 5 heteroatoms. The average molecular weight is 300 g/mol. The zero-order valence-electron chi connectivity index (χ0n) is 13.6. The Balaban J connectivity index is 1.65. The summed E-state index contributed by atoms with van der Waals surface area (Å²) >= 11 is 0. The second kappa shape index (κ2) is 6.58. The predicted molar refractivity (Wildman–Crippen MR) is 85.7 cm³/mol. The average Bonchev–Trinajstić information content (AvgIpc) is 2.85. The Labute approximate surface area is 131 Å². The number of pyridine rings is 1. The van der Waals surface area contributed by atoms with Gasteiger partial charge in [0, 0.05) is 37.2 Å². The Kier molecular flexibility index (Phi) is 4.55. The molecule has 0 bridgehead atoms. The van der Waals surface area contributed by atoms with Crippen LogP contribution in [0.5, 0.6) is 0 Å². The van der Waals surface area contributed by atoms with Crippen LogP contribution in [0.3, 0.4) is 0 Å². The van der Waals surface area contributed by atoms with Crippen molar-refractivity contribution in [1.82, 2.24) is 19.7 Å². The van der Waals surface area contributed by atoms with Crippen LogP contribution in [0.1, 0.15) is 29.9 Å². The number of nitrogens with zero attached hydrogens (tertiary/aromatic N) is 4. The van der Waals surface area contributed by atoms with E-state index in [-0.39, 0.29) is 6.10 Å². The molecule has 0 unspecified atom stereocenters. The number of hydrogen-bond donors (Lipinski definition) is 0. The number of ether oxygens (including phenoxy) is 1. The summed E-state index contributed by atoms with van der Waals surface area (Å²) in [5.41, 5.74) is 3.52. The molecule has 1 aliphatic rings. The van der Waals surface area contributed by atoms with Crippen LogP contribution in [0.2, 0.25) is 0 Å². The normalized spacial score (nSPS) is 21.0. The van der Waals surface area contributed by atoms with Crippen molar-refractivity contribution in [1.29, 1.82) is 0 Å². The van der Waals surface area contributed by atoms with E-state index in [1.807, 2.05) is 25.4 Å². The van der Waals surface area contributed by atoms with E-state index < -0.39 is 0 Å². The van der Waals surface area contributed by atoms with E-state index in [2.05, 4.69) is 45.6 Å². The van der Waals surface area contributed by atoms with E-state index in [1.54, 1.807) is 0 Å². The third-order valence-corrected chi connectivity index (χ3v) is 4.36. The second-order valence-corrected chi connectivity index (χ2v) is 6.06. The molecule has 2 atom stereocenters. The Morgan fingerprint density at radius 1 is 1.41 bits per heavy atom. The van der Waals surface area contributed by atoms with Crippen molar-refractivity contribution in [3.63, 3.8) is 0 Å². The minimum atomic E-state index is 0.186. The number of morpholine rings is 1. The molecule has 1 saturated heterocycles. The van der Waals surface area contributed by atoms with Gasteiger partial charge in [-0.05, 0) is 38.5 Å². The summed E-state index contributed by atoms with van der Waals surface area (Å²) in [6.07, 6.45) is 3.96. The molecule has 3 rings (SSSR count). The molecule has 0 aliphatic carbocycles. The van der Waals surface area contributed by atoms with Crippen molar-refractivity contribution in [3.8, 4) is 0 Å². The summed E-state index contributed by atoms with van der Waals surface area (Å²) in [4.78, 5) is 6.70. The van der Waals surface area contributed by atoms with Crippen LogP contribution in [0, 0.1) is 13.8 Å². The summed E-state index contributed by atoms with van der Waals surface area (Å²) < 4.78 is 8.00. The van der Waals surface area contributed by atoms with Gasteiger partial charge in [-0.2, -0.15) is 5.10 Å². The van der Waals surface area contributed by atoms with Gasteiger partial charge in [-0.3, -0.25) is 14.6 Å². The van der Waals surface area contributed by atoms with Crippen molar-refractivity contribution in [2.45, 2.75) is 39.5 Å². The lowest BCUT2D eigenvalue weighted by molar-refractivity contribution is -0.0499. The smallest absolute Gasteiger partial charge is 0.0898 e. The van der Waals surface area contributed by atoms with Gasteiger partial charge in [0.1, 0.15) is 0 Å². The van der Waals surface area contributed by atoms with Crippen LogP contribution in [0.15, 0.2) is 30.6 Å². The van der Waals surface area contributed by atoms with Crippen molar-refractivity contribution in [3.05, 3.63) is 47.5 Å². The molecule has 1 aliphatic heterocycles. The van der Waals surface area contributed by atoms with Crippen LogP contribution in [-0.2, 0) is 11.3 Å². The quantitative estimate of drug-likeness (QED) is 0.869. The van der Waals surface area contributed by atoms with Crippen molar-refractivity contribution < 1.29 is 4.74 Å². The van der Waals surface area contributed by atoms with E-state index in [0.29, 0.717) is 6.04 Å². The highest BCUT2D eigenvalue weighted by Gasteiger charge is 2.25. The molecule has 5 nitrogen and oxygen atoms in total. The Hall–Kier alpha value is -1.72. The zero-order valence-corrected chi connectivity index (χ0v) is 13.6. The van der Waals surface area contributed by atoms with Crippen LogP contribution in [0.25, 0.3) is 0 Å². The van der Waals surface area contributed by atoms with Gasteiger partial charge in [-0.25, -0.2) is 0 Å². The van der Waals surface area contributed by atoms with E-state index >= 15 is 0 Å². The van der Waals surface area contributed by atoms with Crippen molar-refractivity contribution >= 4 is 0 Å². The molecule has 2 aromatic rings. The Morgan fingerprint density at radius 2 is 2.27 bits per heavy atom. The number of aryl methyl sites for hydroxylation is 2. The Bertz CT molecular complexity index is 610. The Morgan fingerprint density at radius 3 is 2.95 bits per heavy atom. The fourth-order valence-corrected chi connectivity index (χ4v) is 3.09. The minimum absolute atomic E-state index is 0.186. The summed E-state index contributed by atoms with van der Waals surface area (Å²) in [7, 11) is 0. The van der Waals surface area contributed by atoms with Crippen LogP contribution in [0.4, 0.5) is 0 Å². The standard InChI is InChI=1S/C17H24N4O/c1-13-9-14(2)21(19-13)12-17-11-20(7-8-22-17)15(3)16-5-4-6-18-10-16/h4-6,9-10,15,17H,7-8,11-12H2,1-3H3/t15-,17-/m1/s1. The predicted octanol–water partition coefficient (Wildman–Crippen LogP) is 2.36. The van der Waals surface area contributed by atoms with Crippen LogP contribution < -0.4 is 0 Å². The first-order valence-corrected chi connectivity index (χ1v) is 7.90. The molecule has 0 N–H and O–H groups in total. The van der Waals surface area contributed by atoms with Gasteiger partial charge in [0.25, 0.3) is 0 Å². The maximum atomic E-state index is 5.94. The molecule has 0 radical (unpaired) electrons. The summed E-state index contributed by atoms with van der Waals surface area (Å²) in [5, 5.41) is 4.54. The lowest BCUT2D eigenvalue weighted by atomic mass is 10.1. The van der Waals surface area contributed by atoms with Crippen molar-refractivity contribution in [2.75, 3.05) is 19.7 Å². The lowest BCUT2D eigenvalue weighted by Gasteiger charge is -2.37. The topological polar surface area (TPSA) is 43.2 Å². The molecule has 1 fully saturated rings. The molecule has 0 amide bonds. The highest BCUT2D eigenvalue weighted by Crippen LogP contribution is 2.22. The molecule has 2 aromatic heterocycles. The van der Waals surface area contributed by atoms with E-state index in [4.69, 9.17) is 4.74 Å². The van der Waals surface area contributed by atoms with Gasteiger partial charge in [-0.15, -0.1) is 0 Å². The molecule has 22 heavy (non-hydrogen) atoms. The first-order valence-electron chi connectivity index (χ1n) is 7.90. The fourth-order valence-electron chi connectivity index (χ4n) is 3.09. The monoisotopic (exact) mass is 300 g/mol. The van der Waals surface area contributed by atoms with Gasteiger partial charge < -0.3 is 4.74 Å². The first-order chi connectivity index (χ1) is 10.6. The molecule has 0 spiro atoms. The zero-order chi connectivity index (χ0) is 15.5. The van der Waals surface area contributed by atoms with E-state index in [0.717, 1.165) is 31.9 Å². The maximum Gasteiger partial charge on any atom is 0.0898 e. The fraction of sp³-hybridized carbons (Fsp3) is 0.529. The number of rotatable bonds is 4. The maximum absolute atomic E-state index is 5.94. The molecule has 118 valence electrons. The van der Waals surface area contributed by atoms with Gasteiger partial charge in [0.2, 0.25) is 0 Å². The largest absolute Gasteiger partial charge is 0.374 e. The highest BCUT2D eigenvalue weighted by atomic mass is 16.5. The third-order valence-electron chi connectivity index (χ3n) is 4.36. The summed E-state index contributed by atoms with van der Waals surface area (Å²) in [5.74, 6) is 0. The molecular weight excluding hydrogens is 276 g/mol. The highest BCUT2D eigenvalue weighted by molar-refractivity contribution is 5.13. The number of aromatic nitrogens is 3. The van der Waals surface area contributed by atoms with Gasteiger partial charge in [0.05, 0.1) is 24.9 Å². The molecular formula is C17H24N4O. The first kappa shape index (κ1) is 15.2. The van der Waals surface area contributed by atoms with Crippen LogP contribution >= 0.6 is 0 Å². The van der Waals surface area contributed by atoms with E-state index in [1.165, 1.54) is 11.3 Å². The summed E-state index contributed by atoms with van der Waals surface area (Å²) in [6.45, 7) is 9.84. The molecule has 3 heterocycles. The third kappa shape index (κ3) is 3.36. The number of hydrogen-bond acceptors (Lipinski definition) is 4. The van der Waals surface area contributed by atoms with Gasteiger partial charge >= 0.3 is 0 Å². The van der Waals surface area contributed by atoms with Gasteiger partial charge in [0.15, 0.2) is 0 Å². The second-order valence-electron chi connectivity index (χ2n) is 6.06. The van der Waals surface area contributed by atoms with Crippen molar-refractivity contribution in [2.24, 2.45) is 0 Å². The van der Waals surface area contributed by atoms with Gasteiger partial charge in [-0.1, -0.05) is 6.07 Å². The van der Waals surface area contributed by atoms with Crippen LogP contribution in [-0.4, -0.2) is 45.5 Å². The molecule has 0 saturated carbocycles.